The first-order valence-corrected chi connectivity index (χ1v) is 8.54. The van der Waals surface area contributed by atoms with Crippen LogP contribution in [0.1, 0.15) is 19.3 Å². The molecule has 0 aliphatic carbocycles. The molecular formula is C14H20N2O4S. The van der Waals surface area contributed by atoms with E-state index in [1.54, 1.807) is 31.4 Å². The van der Waals surface area contributed by atoms with Gasteiger partial charge in [0.15, 0.2) is 0 Å². The van der Waals surface area contributed by atoms with E-state index >= 15 is 0 Å². The van der Waals surface area contributed by atoms with Crippen LogP contribution in [0.5, 0.6) is 5.75 Å². The van der Waals surface area contributed by atoms with Crippen molar-refractivity contribution in [2.45, 2.75) is 19.3 Å². The summed E-state index contributed by atoms with van der Waals surface area (Å²) in [4.78, 5) is 11.9. The summed E-state index contributed by atoms with van der Waals surface area (Å²) in [6.45, 7) is 0.743. The van der Waals surface area contributed by atoms with Crippen molar-refractivity contribution < 1.29 is 17.9 Å². The molecule has 0 spiro atoms. The van der Waals surface area contributed by atoms with Gasteiger partial charge in [0.1, 0.15) is 5.75 Å². The van der Waals surface area contributed by atoms with E-state index in [4.69, 9.17) is 4.74 Å². The lowest BCUT2D eigenvalue weighted by atomic mass is 10.3. The van der Waals surface area contributed by atoms with Crippen molar-refractivity contribution in [2.24, 2.45) is 0 Å². The number of amides is 1. The van der Waals surface area contributed by atoms with Crippen LogP contribution in [0.3, 0.4) is 0 Å². The molecule has 21 heavy (non-hydrogen) atoms. The minimum Gasteiger partial charge on any atom is -0.497 e. The van der Waals surface area contributed by atoms with Gasteiger partial charge in [-0.2, -0.15) is 0 Å². The first kappa shape index (κ1) is 15.8. The molecule has 0 atom stereocenters. The number of benzene rings is 1. The van der Waals surface area contributed by atoms with Crippen molar-refractivity contribution >= 4 is 21.6 Å². The minimum absolute atomic E-state index is 0.149. The van der Waals surface area contributed by atoms with Gasteiger partial charge in [-0.1, -0.05) is 6.07 Å². The van der Waals surface area contributed by atoms with Gasteiger partial charge in [0.25, 0.3) is 0 Å². The van der Waals surface area contributed by atoms with E-state index in [0.29, 0.717) is 24.4 Å². The number of hydrogen-bond acceptors (Lipinski definition) is 4. The Morgan fingerprint density at radius 3 is 2.90 bits per heavy atom. The Morgan fingerprint density at radius 1 is 1.38 bits per heavy atom. The maximum Gasteiger partial charge on any atom is 0.225 e. The molecule has 116 valence electrons. The fourth-order valence-corrected chi connectivity index (χ4v) is 3.85. The highest BCUT2D eigenvalue weighted by atomic mass is 32.2. The van der Waals surface area contributed by atoms with Crippen LogP contribution in [-0.2, 0) is 14.8 Å². The van der Waals surface area contributed by atoms with E-state index in [-0.39, 0.29) is 24.6 Å². The van der Waals surface area contributed by atoms with Gasteiger partial charge in [0.05, 0.1) is 12.9 Å². The number of methoxy groups -OCH3 is 1. The minimum atomic E-state index is -3.17. The van der Waals surface area contributed by atoms with E-state index in [1.807, 2.05) is 0 Å². The molecule has 1 heterocycles. The highest BCUT2D eigenvalue weighted by Crippen LogP contribution is 2.17. The summed E-state index contributed by atoms with van der Waals surface area (Å²) in [7, 11) is -1.61. The van der Waals surface area contributed by atoms with E-state index < -0.39 is 10.0 Å². The van der Waals surface area contributed by atoms with Gasteiger partial charge in [-0.25, -0.2) is 12.7 Å². The monoisotopic (exact) mass is 312 g/mol. The van der Waals surface area contributed by atoms with Crippen molar-refractivity contribution in [1.29, 1.82) is 0 Å². The van der Waals surface area contributed by atoms with Crippen LogP contribution in [0, 0.1) is 0 Å². The number of hydrogen-bond donors (Lipinski definition) is 1. The van der Waals surface area contributed by atoms with Gasteiger partial charge in [-0.05, 0) is 25.0 Å². The summed E-state index contributed by atoms with van der Waals surface area (Å²) < 4.78 is 30.1. The van der Waals surface area contributed by atoms with Crippen LogP contribution in [0.2, 0.25) is 0 Å². The van der Waals surface area contributed by atoms with Crippen molar-refractivity contribution in [3.05, 3.63) is 24.3 Å². The fraction of sp³-hybridized carbons (Fsp3) is 0.500. The first-order valence-electron chi connectivity index (χ1n) is 6.93. The van der Waals surface area contributed by atoms with Crippen LogP contribution >= 0.6 is 0 Å². The number of nitrogens with one attached hydrogen (secondary N) is 1. The topological polar surface area (TPSA) is 75.7 Å². The van der Waals surface area contributed by atoms with Crippen molar-refractivity contribution in [3.63, 3.8) is 0 Å². The van der Waals surface area contributed by atoms with E-state index in [9.17, 15) is 13.2 Å². The smallest absolute Gasteiger partial charge is 0.225 e. The fourth-order valence-electron chi connectivity index (χ4n) is 2.24. The van der Waals surface area contributed by atoms with Crippen LogP contribution < -0.4 is 10.1 Å². The molecule has 0 radical (unpaired) electrons. The largest absolute Gasteiger partial charge is 0.497 e. The zero-order valence-corrected chi connectivity index (χ0v) is 12.9. The second kappa shape index (κ2) is 6.91. The average molecular weight is 312 g/mol. The van der Waals surface area contributed by atoms with Crippen molar-refractivity contribution in [2.75, 3.05) is 31.3 Å². The SMILES string of the molecule is COc1cccc(NC(=O)CCN2CCCCS2(=O)=O)c1. The summed E-state index contributed by atoms with van der Waals surface area (Å²) in [5.41, 5.74) is 0.640. The normalized spacial score (nSPS) is 18.1. The number of carbonyl (C=O) groups is 1. The predicted molar refractivity (Wildman–Crippen MR) is 80.8 cm³/mol. The van der Waals surface area contributed by atoms with Gasteiger partial charge < -0.3 is 10.1 Å². The highest BCUT2D eigenvalue weighted by Gasteiger charge is 2.25. The third kappa shape index (κ3) is 4.44. The number of sulfonamides is 1. The Kier molecular flexibility index (Phi) is 5.19. The van der Waals surface area contributed by atoms with E-state index in [1.165, 1.54) is 4.31 Å². The molecule has 7 heteroatoms. The molecule has 0 saturated carbocycles. The Hall–Kier alpha value is -1.60. The summed E-state index contributed by atoms with van der Waals surface area (Å²) in [5.74, 6) is 0.639. The average Bonchev–Trinajstić information content (AvgIpc) is 2.46. The molecular weight excluding hydrogens is 292 g/mol. The third-order valence-electron chi connectivity index (χ3n) is 3.39. The second-order valence-corrected chi connectivity index (χ2v) is 7.04. The summed E-state index contributed by atoms with van der Waals surface area (Å²) in [5, 5.41) is 2.74. The second-order valence-electron chi connectivity index (χ2n) is 4.95. The summed E-state index contributed by atoms with van der Waals surface area (Å²) >= 11 is 0. The molecule has 1 saturated heterocycles. The van der Waals surface area contributed by atoms with Gasteiger partial charge in [-0.15, -0.1) is 0 Å². The van der Waals surface area contributed by atoms with Gasteiger partial charge in [0.2, 0.25) is 15.9 Å². The lowest BCUT2D eigenvalue weighted by Crippen LogP contribution is -2.39. The van der Waals surface area contributed by atoms with Crippen molar-refractivity contribution in [3.8, 4) is 5.75 Å². The molecule has 2 rings (SSSR count). The lowest BCUT2D eigenvalue weighted by molar-refractivity contribution is -0.116. The number of ether oxygens (including phenoxy) is 1. The third-order valence-corrected chi connectivity index (χ3v) is 5.35. The molecule has 1 amide bonds. The summed E-state index contributed by atoms with van der Waals surface area (Å²) in [6, 6.07) is 7.05. The number of carbonyl (C=O) groups excluding carboxylic acids is 1. The molecule has 6 nitrogen and oxygen atoms in total. The van der Waals surface area contributed by atoms with Gasteiger partial charge >= 0.3 is 0 Å². The molecule has 0 bridgehead atoms. The van der Waals surface area contributed by atoms with Crippen LogP contribution in [-0.4, -0.2) is 44.6 Å². The highest BCUT2D eigenvalue weighted by molar-refractivity contribution is 7.89. The van der Waals surface area contributed by atoms with Crippen LogP contribution in [0.15, 0.2) is 24.3 Å². The number of anilines is 1. The molecule has 0 aromatic heterocycles. The van der Waals surface area contributed by atoms with Gasteiger partial charge in [0, 0.05) is 31.3 Å². The first-order chi connectivity index (χ1) is 10.0. The Morgan fingerprint density at radius 2 is 2.19 bits per heavy atom. The maximum absolute atomic E-state index is 11.9. The van der Waals surface area contributed by atoms with Gasteiger partial charge in [-0.3, -0.25) is 4.79 Å². The molecule has 0 unspecified atom stereocenters. The molecule has 1 aromatic carbocycles. The molecule has 1 fully saturated rings. The predicted octanol–water partition coefficient (Wildman–Crippen LogP) is 1.45. The number of rotatable bonds is 5. The standard InChI is InChI=1S/C14H20N2O4S/c1-20-13-6-4-5-12(11-13)15-14(17)7-9-16-8-2-3-10-21(16,18)19/h4-6,11H,2-3,7-10H2,1H3,(H,15,17). The zero-order chi connectivity index (χ0) is 15.3. The Balaban J connectivity index is 1.87. The molecule has 1 aliphatic heterocycles. The van der Waals surface area contributed by atoms with Crippen LogP contribution in [0.25, 0.3) is 0 Å². The maximum atomic E-state index is 11.9. The van der Waals surface area contributed by atoms with Crippen LogP contribution in [0.4, 0.5) is 5.69 Å². The Labute approximate surface area is 125 Å². The summed E-state index contributed by atoms with van der Waals surface area (Å²) in [6.07, 6.45) is 1.71. The van der Waals surface area contributed by atoms with Crippen molar-refractivity contribution in [1.82, 2.24) is 4.31 Å². The molecule has 1 aliphatic rings. The van der Waals surface area contributed by atoms with E-state index in [0.717, 1.165) is 6.42 Å². The number of nitrogens with zero attached hydrogens (tertiary/aromatic N) is 1. The molecule has 1 N–H and O–H groups in total. The van der Waals surface area contributed by atoms with E-state index in [2.05, 4.69) is 5.32 Å². The quantitative estimate of drug-likeness (QED) is 0.893. The zero-order valence-electron chi connectivity index (χ0n) is 12.0. The molecule has 1 aromatic rings. The lowest BCUT2D eigenvalue weighted by Gasteiger charge is -2.25. The Bertz CT molecular complexity index is 601.